The molecule has 0 aliphatic rings. The number of aryl methyl sites for hydroxylation is 1. The minimum atomic E-state index is -0.293. The summed E-state index contributed by atoms with van der Waals surface area (Å²) in [4.78, 5) is 11.6. The van der Waals surface area contributed by atoms with Gasteiger partial charge in [-0.3, -0.25) is 0 Å². The molecule has 0 saturated carbocycles. The number of pyridine rings is 1. The van der Waals surface area contributed by atoms with Crippen molar-refractivity contribution >= 4 is 5.97 Å². The molecular formula is C12H16NO2+. The van der Waals surface area contributed by atoms with Gasteiger partial charge < -0.3 is 4.74 Å². The third-order valence-electron chi connectivity index (χ3n) is 1.98. The molecule has 0 aliphatic carbocycles. The van der Waals surface area contributed by atoms with Crippen molar-refractivity contribution in [2.24, 2.45) is 7.05 Å². The highest BCUT2D eigenvalue weighted by Gasteiger charge is 2.16. The highest BCUT2D eigenvalue weighted by molar-refractivity contribution is 5.85. The second-order valence-electron chi connectivity index (χ2n) is 3.17. The molecule has 0 amide bonds. The fourth-order valence-electron chi connectivity index (χ4n) is 1.17. The van der Waals surface area contributed by atoms with Crippen LogP contribution in [-0.4, -0.2) is 12.6 Å². The van der Waals surface area contributed by atoms with Crippen molar-refractivity contribution in [3.63, 3.8) is 0 Å². The summed E-state index contributed by atoms with van der Waals surface area (Å²) in [5.74, 6) is -0.293. The van der Waals surface area contributed by atoms with Gasteiger partial charge >= 0.3 is 5.97 Å². The first-order valence-corrected chi connectivity index (χ1v) is 5.02. The molecular weight excluding hydrogens is 190 g/mol. The summed E-state index contributed by atoms with van der Waals surface area (Å²) in [5.41, 5.74) is 0.558. The predicted molar refractivity (Wildman–Crippen MR) is 57.3 cm³/mol. The van der Waals surface area contributed by atoms with E-state index >= 15 is 0 Å². The third-order valence-corrected chi connectivity index (χ3v) is 1.98. The van der Waals surface area contributed by atoms with Gasteiger partial charge in [0, 0.05) is 12.1 Å². The fraction of sp³-hybridized carbons (Fsp3) is 0.333. The Bertz CT molecular complexity index is 358. The summed E-state index contributed by atoms with van der Waals surface area (Å²) >= 11 is 0. The zero-order valence-electron chi connectivity index (χ0n) is 9.14. The number of hydrogen-bond acceptors (Lipinski definition) is 2. The Hall–Kier alpha value is -1.64. The average Bonchev–Trinajstić information content (AvgIpc) is 2.25. The number of aromatic nitrogens is 1. The van der Waals surface area contributed by atoms with E-state index in [1.807, 2.05) is 44.5 Å². The van der Waals surface area contributed by atoms with Crippen LogP contribution in [0.1, 0.15) is 23.8 Å². The van der Waals surface area contributed by atoms with Crippen LogP contribution in [0.3, 0.4) is 0 Å². The van der Waals surface area contributed by atoms with Crippen LogP contribution in [-0.2, 0) is 11.8 Å². The lowest BCUT2D eigenvalue weighted by Gasteiger charge is -1.99. The van der Waals surface area contributed by atoms with Gasteiger partial charge in [-0.05, 0) is 12.5 Å². The van der Waals surface area contributed by atoms with Crippen LogP contribution in [0, 0.1) is 0 Å². The summed E-state index contributed by atoms with van der Waals surface area (Å²) in [7, 11) is 1.82. The first-order valence-electron chi connectivity index (χ1n) is 5.02. The Morgan fingerprint density at radius 1 is 1.47 bits per heavy atom. The van der Waals surface area contributed by atoms with Gasteiger partial charge in [0.15, 0.2) is 6.20 Å². The van der Waals surface area contributed by atoms with Gasteiger partial charge in [-0.2, -0.15) is 4.57 Å². The lowest BCUT2D eigenvalue weighted by atomic mass is 10.3. The molecule has 0 fully saturated rings. The lowest BCUT2D eigenvalue weighted by molar-refractivity contribution is -0.674. The molecule has 80 valence electrons. The Morgan fingerprint density at radius 2 is 2.27 bits per heavy atom. The van der Waals surface area contributed by atoms with Crippen molar-refractivity contribution in [1.82, 2.24) is 0 Å². The monoisotopic (exact) mass is 206 g/mol. The van der Waals surface area contributed by atoms with Crippen LogP contribution in [0.2, 0.25) is 0 Å². The molecule has 1 aromatic rings. The normalized spacial score (nSPS) is 10.5. The van der Waals surface area contributed by atoms with Crippen LogP contribution in [0.5, 0.6) is 0 Å². The van der Waals surface area contributed by atoms with E-state index in [1.165, 1.54) is 0 Å². The zero-order chi connectivity index (χ0) is 11.1. The van der Waals surface area contributed by atoms with E-state index in [-0.39, 0.29) is 5.97 Å². The van der Waals surface area contributed by atoms with Crippen LogP contribution in [0.4, 0.5) is 0 Å². The summed E-state index contributed by atoms with van der Waals surface area (Å²) < 4.78 is 6.81. The van der Waals surface area contributed by atoms with Gasteiger partial charge in [0.05, 0.1) is 0 Å². The first-order chi connectivity index (χ1) is 7.25. The number of esters is 1. The van der Waals surface area contributed by atoms with E-state index in [4.69, 9.17) is 4.74 Å². The molecule has 0 atom stereocenters. The van der Waals surface area contributed by atoms with Gasteiger partial charge in [-0.25, -0.2) is 4.79 Å². The van der Waals surface area contributed by atoms with E-state index in [0.717, 1.165) is 6.42 Å². The standard InChI is InChI=1S/C12H16NO2/c1-3-4-7-10-15-12(14)11-8-5-6-9-13(11)2/h4-9H,3,10H2,1-2H3/q+1/b7-4+. The fourth-order valence-corrected chi connectivity index (χ4v) is 1.17. The Balaban J connectivity index is 2.54. The minimum absolute atomic E-state index is 0.293. The number of hydrogen-bond donors (Lipinski definition) is 0. The quantitative estimate of drug-likeness (QED) is 0.426. The van der Waals surface area contributed by atoms with Gasteiger partial charge in [0.1, 0.15) is 13.7 Å². The first kappa shape index (κ1) is 11.4. The van der Waals surface area contributed by atoms with E-state index in [1.54, 1.807) is 10.6 Å². The smallest absolute Gasteiger partial charge is 0.403 e. The van der Waals surface area contributed by atoms with Crippen LogP contribution in [0.25, 0.3) is 0 Å². The molecule has 1 rings (SSSR count). The summed E-state index contributed by atoms with van der Waals surface area (Å²) in [5, 5.41) is 0. The van der Waals surface area contributed by atoms with Gasteiger partial charge in [0.2, 0.25) is 0 Å². The van der Waals surface area contributed by atoms with Crippen molar-refractivity contribution in [1.29, 1.82) is 0 Å². The number of nitrogens with zero attached hydrogens (tertiary/aromatic N) is 1. The van der Waals surface area contributed by atoms with Gasteiger partial charge in [0.25, 0.3) is 5.69 Å². The molecule has 0 spiro atoms. The Labute approximate surface area is 90.0 Å². The molecule has 3 nitrogen and oxygen atoms in total. The van der Waals surface area contributed by atoms with Crippen LogP contribution >= 0.6 is 0 Å². The number of allylic oxidation sites excluding steroid dienone is 1. The second kappa shape index (κ2) is 5.96. The van der Waals surface area contributed by atoms with E-state index in [2.05, 4.69) is 0 Å². The SMILES string of the molecule is CC/C=C/COC(=O)c1cccc[n+]1C. The maximum atomic E-state index is 11.6. The predicted octanol–water partition coefficient (Wildman–Crippen LogP) is 1.63. The molecule has 0 aliphatic heterocycles. The van der Waals surface area contributed by atoms with Gasteiger partial charge in [-0.1, -0.05) is 19.1 Å². The van der Waals surface area contributed by atoms with Crippen LogP contribution in [0.15, 0.2) is 36.5 Å². The summed E-state index contributed by atoms with van der Waals surface area (Å²) in [6.07, 6.45) is 6.59. The molecule has 0 saturated heterocycles. The second-order valence-corrected chi connectivity index (χ2v) is 3.17. The number of rotatable bonds is 4. The Morgan fingerprint density at radius 3 is 2.93 bits per heavy atom. The minimum Gasteiger partial charge on any atom is -0.453 e. The van der Waals surface area contributed by atoms with E-state index in [0.29, 0.717) is 12.3 Å². The van der Waals surface area contributed by atoms with Crippen molar-refractivity contribution < 1.29 is 14.1 Å². The highest BCUT2D eigenvalue weighted by atomic mass is 16.5. The zero-order valence-corrected chi connectivity index (χ0v) is 9.14. The molecule has 0 bridgehead atoms. The van der Waals surface area contributed by atoms with E-state index in [9.17, 15) is 4.79 Å². The molecule has 0 aromatic carbocycles. The topological polar surface area (TPSA) is 30.2 Å². The maximum Gasteiger partial charge on any atom is 0.403 e. The molecule has 1 heterocycles. The molecule has 15 heavy (non-hydrogen) atoms. The van der Waals surface area contributed by atoms with Crippen molar-refractivity contribution in [2.75, 3.05) is 6.61 Å². The molecule has 3 heteroatoms. The van der Waals surface area contributed by atoms with Crippen molar-refractivity contribution in [3.8, 4) is 0 Å². The summed E-state index contributed by atoms with van der Waals surface area (Å²) in [6.45, 7) is 2.37. The largest absolute Gasteiger partial charge is 0.453 e. The van der Waals surface area contributed by atoms with Gasteiger partial charge in [-0.15, -0.1) is 0 Å². The van der Waals surface area contributed by atoms with Crippen molar-refractivity contribution in [2.45, 2.75) is 13.3 Å². The third kappa shape index (κ3) is 3.54. The molecule has 0 N–H and O–H groups in total. The number of carbonyl (C=O) groups excluding carboxylic acids is 1. The highest BCUT2D eigenvalue weighted by Crippen LogP contribution is 1.94. The molecule has 1 aromatic heterocycles. The lowest BCUT2D eigenvalue weighted by Crippen LogP contribution is -2.36. The Kier molecular flexibility index (Phi) is 4.54. The number of carbonyl (C=O) groups is 1. The molecule has 0 radical (unpaired) electrons. The van der Waals surface area contributed by atoms with E-state index < -0.39 is 0 Å². The van der Waals surface area contributed by atoms with Crippen LogP contribution < -0.4 is 4.57 Å². The number of ether oxygens (including phenoxy) is 1. The summed E-state index contributed by atoms with van der Waals surface area (Å²) in [6, 6.07) is 5.43. The average molecular weight is 206 g/mol. The van der Waals surface area contributed by atoms with Crippen molar-refractivity contribution in [3.05, 3.63) is 42.2 Å². The maximum absolute atomic E-state index is 11.6. The molecule has 0 unspecified atom stereocenters.